The number of amides is 5. The van der Waals surface area contributed by atoms with Gasteiger partial charge in [0.1, 0.15) is 12.1 Å². The zero-order chi connectivity index (χ0) is 25.0. The number of urea groups is 1. The molecule has 0 saturated carbocycles. The van der Waals surface area contributed by atoms with Gasteiger partial charge in [0.25, 0.3) is 0 Å². The van der Waals surface area contributed by atoms with Crippen molar-refractivity contribution in [3.63, 3.8) is 0 Å². The maximum atomic E-state index is 12.9. The topological polar surface area (TPSA) is 183 Å². The van der Waals surface area contributed by atoms with E-state index in [0.29, 0.717) is 17.7 Å². The molecule has 0 aromatic heterocycles. The van der Waals surface area contributed by atoms with E-state index >= 15 is 0 Å². The zero-order valence-corrected chi connectivity index (χ0v) is 19.3. The molecule has 0 aliphatic heterocycles. The maximum absolute atomic E-state index is 12.9. The van der Waals surface area contributed by atoms with Gasteiger partial charge >= 0.3 is 6.03 Å². The lowest BCUT2D eigenvalue weighted by Gasteiger charge is -2.26. The van der Waals surface area contributed by atoms with Crippen LogP contribution in [0, 0.1) is 11.8 Å². The van der Waals surface area contributed by atoms with Gasteiger partial charge in [0, 0.05) is 12.2 Å². The minimum absolute atomic E-state index is 0.128. The Balaban J connectivity index is 2.92. The minimum Gasteiger partial charge on any atom is -0.396 e. The monoisotopic (exact) mass is 465 g/mol. The Hall–Kier alpha value is -3.18. The van der Waals surface area contributed by atoms with Gasteiger partial charge in [-0.1, -0.05) is 32.9 Å². The molecular formula is C22H35N5O6. The molecule has 11 heteroatoms. The van der Waals surface area contributed by atoms with Crippen molar-refractivity contribution in [1.82, 2.24) is 16.0 Å². The van der Waals surface area contributed by atoms with Crippen molar-refractivity contribution in [3.8, 4) is 0 Å². The highest BCUT2D eigenvalue weighted by molar-refractivity contribution is 5.98. The largest absolute Gasteiger partial charge is 0.396 e. The normalized spacial score (nSPS) is 13.5. The minimum atomic E-state index is -0.946. The van der Waals surface area contributed by atoms with Gasteiger partial charge in [0.05, 0.1) is 19.1 Å². The number of carbonyl (C=O) groups excluding carboxylic acids is 4. The van der Waals surface area contributed by atoms with Crippen molar-refractivity contribution < 1.29 is 29.4 Å². The molecule has 33 heavy (non-hydrogen) atoms. The molecule has 1 aromatic rings. The second-order valence-corrected chi connectivity index (χ2v) is 8.15. The van der Waals surface area contributed by atoms with Crippen LogP contribution in [-0.2, 0) is 21.0 Å². The molecule has 0 radical (unpaired) electrons. The quantitative estimate of drug-likeness (QED) is 0.198. The molecule has 0 fully saturated rings. The van der Waals surface area contributed by atoms with E-state index < -0.39 is 41.8 Å². The van der Waals surface area contributed by atoms with E-state index in [0.717, 1.165) is 0 Å². The van der Waals surface area contributed by atoms with Crippen LogP contribution in [0.25, 0.3) is 0 Å². The molecule has 0 aliphatic carbocycles. The average Bonchev–Trinajstić information content (AvgIpc) is 2.78. The van der Waals surface area contributed by atoms with Crippen molar-refractivity contribution >= 4 is 29.4 Å². The highest BCUT2D eigenvalue weighted by Crippen LogP contribution is 2.12. The first-order valence-electron chi connectivity index (χ1n) is 10.8. The average molecular weight is 466 g/mol. The second-order valence-electron chi connectivity index (χ2n) is 8.15. The first-order chi connectivity index (χ1) is 15.6. The highest BCUT2D eigenvalue weighted by atomic mass is 16.3. The van der Waals surface area contributed by atoms with Gasteiger partial charge in [0.15, 0.2) is 0 Å². The number of hydrogen-bond acceptors (Lipinski definition) is 6. The summed E-state index contributed by atoms with van der Waals surface area (Å²) < 4.78 is 0. The molecule has 0 bridgehead atoms. The van der Waals surface area contributed by atoms with Crippen LogP contribution < -0.4 is 27.0 Å². The molecule has 184 valence electrons. The number of rotatable bonds is 13. The van der Waals surface area contributed by atoms with Crippen molar-refractivity contribution in [2.75, 3.05) is 18.5 Å². The molecule has 11 nitrogen and oxygen atoms in total. The molecular weight excluding hydrogens is 430 g/mol. The summed E-state index contributed by atoms with van der Waals surface area (Å²) in [5, 5.41) is 28.8. The van der Waals surface area contributed by atoms with E-state index in [1.807, 2.05) is 0 Å². The number of carbonyl (C=O) groups is 4. The smallest absolute Gasteiger partial charge is 0.312 e. The summed E-state index contributed by atoms with van der Waals surface area (Å²) in [6.45, 7) is 4.78. The predicted molar refractivity (Wildman–Crippen MR) is 123 cm³/mol. The Morgan fingerprint density at radius 2 is 1.58 bits per heavy atom. The Morgan fingerprint density at radius 3 is 2.09 bits per heavy atom. The number of nitrogens with two attached hydrogens (primary N) is 1. The van der Waals surface area contributed by atoms with Crippen LogP contribution in [0.3, 0.4) is 0 Å². The van der Waals surface area contributed by atoms with E-state index in [4.69, 9.17) is 10.8 Å². The zero-order valence-electron chi connectivity index (χ0n) is 19.3. The molecule has 0 saturated heterocycles. The Bertz CT molecular complexity index is 799. The first-order valence-corrected chi connectivity index (χ1v) is 10.8. The van der Waals surface area contributed by atoms with Gasteiger partial charge in [-0.3, -0.25) is 14.4 Å². The van der Waals surface area contributed by atoms with E-state index in [1.165, 1.54) is 6.92 Å². The number of primary amides is 1. The third-order valence-corrected chi connectivity index (χ3v) is 4.97. The molecule has 8 N–H and O–H groups in total. The van der Waals surface area contributed by atoms with Crippen LogP contribution >= 0.6 is 0 Å². The van der Waals surface area contributed by atoms with Crippen molar-refractivity contribution in [1.29, 1.82) is 0 Å². The number of benzene rings is 1. The summed E-state index contributed by atoms with van der Waals surface area (Å²) in [5.41, 5.74) is 6.22. The van der Waals surface area contributed by atoms with Gasteiger partial charge in [-0.25, -0.2) is 4.79 Å². The fourth-order valence-corrected chi connectivity index (χ4v) is 2.88. The maximum Gasteiger partial charge on any atom is 0.312 e. The number of hydrogen-bond donors (Lipinski definition) is 7. The number of nitrogens with one attached hydrogen (secondary N) is 4. The molecule has 3 atom stereocenters. The van der Waals surface area contributed by atoms with Crippen molar-refractivity contribution in [2.45, 2.75) is 52.3 Å². The second kappa shape index (κ2) is 14.1. The van der Waals surface area contributed by atoms with Crippen LogP contribution in [0.4, 0.5) is 10.5 Å². The fraction of sp³-hybridized carbons (Fsp3) is 0.545. The lowest BCUT2D eigenvalue weighted by Crippen LogP contribution is -2.55. The lowest BCUT2D eigenvalue weighted by atomic mass is 10.0. The van der Waals surface area contributed by atoms with E-state index in [9.17, 15) is 24.3 Å². The molecule has 0 unspecified atom stereocenters. The van der Waals surface area contributed by atoms with Gasteiger partial charge < -0.3 is 37.2 Å². The number of anilines is 1. The molecule has 1 aromatic carbocycles. The molecule has 0 spiro atoms. The third kappa shape index (κ3) is 9.87. The number of aliphatic hydroxyl groups is 2. The van der Waals surface area contributed by atoms with Gasteiger partial charge in [0.2, 0.25) is 17.7 Å². The fourth-order valence-electron chi connectivity index (χ4n) is 2.88. The van der Waals surface area contributed by atoms with Crippen LogP contribution in [-0.4, -0.2) is 59.2 Å². The Labute approximate surface area is 193 Å². The van der Waals surface area contributed by atoms with Crippen molar-refractivity contribution in [3.05, 3.63) is 29.8 Å². The standard InChI is InChI=1S/C22H35N5O6/c1-13(2)18(27-19(30)14(3)11-28)21(32)26-17(5-4-10-24-22(23)33)20(31)25-16-8-6-15(12-29)7-9-16/h6-9,13-14,17-18,28-29H,4-5,10-12H2,1-3H3,(H,25,31)(H,26,32)(H,27,30)(H3,23,24,33)/t14-,17-,18-/m0/s1. The summed E-state index contributed by atoms with van der Waals surface area (Å²) in [6.07, 6.45) is 0.573. The molecule has 1 rings (SSSR count). The van der Waals surface area contributed by atoms with Crippen LogP contribution in [0.2, 0.25) is 0 Å². The number of aliphatic hydroxyl groups excluding tert-OH is 2. The summed E-state index contributed by atoms with van der Waals surface area (Å²) in [7, 11) is 0. The van der Waals surface area contributed by atoms with E-state index in [1.54, 1.807) is 38.1 Å². The van der Waals surface area contributed by atoms with E-state index in [2.05, 4.69) is 21.3 Å². The van der Waals surface area contributed by atoms with Gasteiger partial charge in [-0.2, -0.15) is 0 Å². The Morgan fingerprint density at radius 1 is 0.939 bits per heavy atom. The predicted octanol–water partition coefficient (Wildman–Crippen LogP) is -0.180. The summed E-state index contributed by atoms with van der Waals surface area (Å²) in [6, 6.07) is 4.03. The van der Waals surface area contributed by atoms with Gasteiger partial charge in [-0.15, -0.1) is 0 Å². The Kier molecular flexibility index (Phi) is 11.9. The third-order valence-electron chi connectivity index (χ3n) is 4.97. The highest BCUT2D eigenvalue weighted by Gasteiger charge is 2.29. The lowest BCUT2D eigenvalue weighted by molar-refractivity contribution is -0.133. The van der Waals surface area contributed by atoms with E-state index in [-0.39, 0.29) is 32.1 Å². The van der Waals surface area contributed by atoms with Crippen molar-refractivity contribution in [2.24, 2.45) is 17.6 Å². The van der Waals surface area contributed by atoms with Crippen LogP contribution in [0.15, 0.2) is 24.3 Å². The molecule has 0 heterocycles. The van der Waals surface area contributed by atoms with Crippen LogP contribution in [0.5, 0.6) is 0 Å². The molecule has 0 aliphatic rings. The van der Waals surface area contributed by atoms with Gasteiger partial charge in [-0.05, 0) is 36.5 Å². The molecule has 5 amide bonds. The first kappa shape index (κ1) is 27.9. The van der Waals surface area contributed by atoms with Crippen LogP contribution in [0.1, 0.15) is 39.2 Å². The SMILES string of the molecule is CC(C)[C@H](NC(=O)[C@@H](C)CO)C(=O)N[C@@H](CCCNC(N)=O)C(=O)Nc1ccc(CO)cc1. The summed E-state index contributed by atoms with van der Waals surface area (Å²) in [5.74, 6) is -2.44. The summed E-state index contributed by atoms with van der Waals surface area (Å²) >= 11 is 0. The summed E-state index contributed by atoms with van der Waals surface area (Å²) in [4.78, 5) is 48.9.